The number of hydrogen-bond acceptors (Lipinski definition) is 5. The Balaban J connectivity index is 1.89. The molecule has 2 aromatic rings. The maximum Gasteiger partial charge on any atom is 0.323 e. The fraction of sp³-hybridized carbons (Fsp3) is 0.375. The van der Waals surface area contributed by atoms with E-state index in [1.807, 2.05) is 6.92 Å². The summed E-state index contributed by atoms with van der Waals surface area (Å²) in [5, 5.41) is 3.51. The topological polar surface area (TPSA) is 79.4 Å². The molecule has 1 aliphatic heterocycles. The number of nitrogens with one attached hydrogen (secondary N) is 1. The van der Waals surface area contributed by atoms with Gasteiger partial charge in [-0.3, -0.25) is 5.32 Å². The van der Waals surface area contributed by atoms with Crippen molar-refractivity contribution < 1.29 is 13.2 Å². The number of thiazole rings is 1. The number of rotatable bonds is 3. The largest absolute Gasteiger partial charge is 0.324 e. The maximum absolute atomic E-state index is 12.2. The standard InChI is InChI=1S/C16H18ClN3O3S2/c1-10-14(11-5-6-12(17)13(9-11)25(2,22)23)24-15(18-10)19-16(21)20-7-3-4-8-20/h5-6,9H,3-4,7-8H2,1-2H3,(H,18,19,21). The number of aromatic nitrogens is 1. The molecule has 6 nitrogen and oxygen atoms in total. The molecule has 1 N–H and O–H groups in total. The highest BCUT2D eigenvalue weighted by molar-refractivity contribution is 7.90. The Hall–Kier alpha value is -1.64. The van der Waals surface area contributed by atoms with Crippen molar-refractivity contribution in [3.8, 4) is 10.4 Å². The van der Waals surface area contributed by atoms with E-state index in [1.54, 1.807) is 23.1 Å². The van der Waals surface area contributed by atoms with Gasteiger partial charge >= 0.3 is 6.03 Å². The minimum absolute atomic E-state index is 0.0853. The smallest absolute Gasteiger partial charge is 0.323 e. The molecule has 0 atom stereocenters. The van der Waals surface area contributed by atoms with Gasteiger partial charge in [-0.05, 0) is 37.5 Å². The van der Waals surface area contributed by atoms with Gasteiger partial charge in [0.2, 0.25) is 0 Å². The zero-order valence-corrected chi connectivity index (χ0v) is 16.3. The monoisotopic (exact) mass is 399 g/mol. The molecule has 2 amide bonds. The Morgan fingerprint density at radius 3 is 2.64 bits per heavy atom. The predicted molar refractivity (Wildman–Crippen MR) is 100 cm³/mol. The first-order valence-electron chi connectivity index (χ1n) is 7.79. The molecule has 25 heavy (non-hydrogen) atoms. The van der Waals surface area contributed by atoms with Crippen LogP contribution in [0.4, 0.5) is 9.93 Å². The van der Waals surface area contributed by atoms with Crippen molar-refractivity contribution in [2.75, 3.05) is 24.7 Å². The van der Waals surface area contributed by atoms with Gasteiger partial charge < -0.3 is 4.90 Å². The van der Waals surface area contributed by atoms with E-state index in [9.17, 15) is 13.2 Å². The summed E-state index contributed by atoms with van der Waals surface area (Å²) in [7, 11) is -3.42. The van der Waals surface area contributed by atoms with E-state index < -0.39 is 9.84 Å². The number of urea groups is 1. The molecular weight excluding hydrogens is 382 g/mol. The number of nitrogens with zero attached hydrogens (tertiary/aromatic N) is 2. The van der Waals surface area contributed by atoms with Crippen LogP contribution in [0.15, 0.2) is 23.1 Å². The van der Waals surface area contributed by atoms with Gasteiger partial charge in [0, 0.05) is 19.3 Å². The molecule has 0 radical (unpaired) electrons. The number of likely N-dealkylation sites (tertiary alicyclic amines) is 1. The molecule has 1 aliphatic rings. The lowest BCUT2D eigenvalue weighted by Crippen LogP contribution is -2.32. The lowest BCUT2D eigenvalue weighted by Gasteiger charge is -2.14. The van der Waals surface area contributed by atoms with E-state index in [2.05, 4.69) is 10.3 Å². The zero-order chi connectivity index (χ0) is 18.2. The number of anilines is 1. The molecule has 2 heterocycles. The van der Waals surface area contributed by atoms with Gasteiger partial charge in [0.1, 0.15) is 0 Å². The summed E-state index contributed by atoms with van der Waals surface area (Å²) >= 11 is 7.32. The van der Waals surface area contributed by atoms with Gasteiger partial charge in [-0.25, -0.2) is 18.2 Å². The molecule has 1 aromatic carbocycles. The number of halogens is 1. The average molecular weight is 400 g/mol. The van der Waals surface area contributed by atoms with E-state index in [-0.39, 0.29) is 15.9 Å². The summed E-state index contributed by atoms with van der Waals surface area (Å²) in [6, 6.07) is 4.72. The number of benzene rings is 1. The average Bonchev–Trinajstić information content (AvgIpc) is 3.16. The summed E-state index contributed by atoms with van der Waals surface area (Å²) in [4.78, 5) is 19.2. The second-order valence-electron chi connectivity index (χ2n) is 5.98. The van der Waals surface area contributed by atoms with E-state index in [0.29, 0.717) is 10.7 Å². The van der Waals surface area contributed by atoms with Gasteiger partial charge in [0.05, 0.1) is 20.5 Å². The molecule has 0 unspecified atom stereocenters. The van der Waals surface area contributed by atoms with Crippen LogP contribution in [0, 0.1) is 6.92 Å². The summed E-state index contributed by atoms with van der Waals surface area (Å²) < 4.78 is 23.7. The second kappa shape index (κ2) is 6.93. The third kappa shape index (κ3) is 3.96. The fourth-order valence-electron chi connectivity index (χ4n) is 2.74. The summed E-state index contributed by atoms with van der Waals surface area (Å²) in [6.45, 7) is 3.35. The molecule has 1 saturated heterocycles. The molecule has 0 bridgehead atoms. The van der Waals surface area contributed by atoms with E-state index in [4.69, 9.17) is 11.6 Å². The Labute approximate surface area is 155 Å². The maximum atomic E-state index is 12.2. The van der Waals surface area contributed by atoms with Crippen molar-refractivity contribution in [2.24, 2.45) is 0 Å². The molecule has 3 rings (SSSR count). The summed E-state index contributed by atoms with van der Waals surface area (Å²) in [5.74, 6) is 0. The van der Waals surface area contributed by atoms with Crippen molar-refractivity contribution >= 4 is 43.9 Å². The van der Waals surface area contributed by atoms with Crippen LogP contribution in [0.2, 0.25) is 5.02 Å². The van der Waals surface area contributed by atoms with Gasteiger partial charge in [-0.2, -0.15) is 0 Å². The molecule has 0 aliphatic carbocycles. The Morgan fingerprint density at radius 2 is 2.00 bits per heavy atom. The number of aryl methyl sites for hydroxylation is 1. The molecule has 1 fully saturated rings. The Bertz CT molecular complexity index is 919. The van der Waals surface area contributed by atoms with Crippen LogP contribution in [0.25, 0.3) is 10.4 Å². The molecule has 0 saturated carbocycles. The van der Waals surface area contributed by atoms with E-state index in [1.165, 1.54) is 11.3 Å². The minimum Gasteiger partial charge on any atom is -0.324 e. The SMILES string of the molecule is Cc1nc(NC(=O)N2CCCC2)sc1-c1ccc(Cl)c(S(C)(=O)=O)c1. The lowest BCUT2D eigenvalue weighted by atomic mass is 10.2. The predicted octanol–water partition coefficient (Wildman–Crippen LogP) is 3.80. The quantitative estimate of drug-likeness (QED) is 0.851. The second-order valence-corrected chi connectivity index (χ2v) is 9.37. The highest BCUT2D eigenvalue weighted by atomic mass is 35.5. The molecular formula is C16H18ClN3O3S2. The minimum atomic E-state index is -3.42. The lowest BCUT2D eigenvalue weighted by molar-refractivity contribution is 0.222. The first kappa shape index (κ1) is 18.2. The normalized spacial score (nSPS) is 14.8. The number of hydrogen-bond donors (Lipinski definition) is 1. The third-order valence-corrected chi connectivity index (χ3v) is 6.70. The zero-order valence-electron chi connectivity index (χ0n) is 13.9. The van der Waals surface area contributed by atoms with E-state index >= 15 is 0 Å². The van der Waals surface area contributed by atoms with Gasteiger partial charge in [0.15, 0.2) is 15.0 Å². The number of carbonyl (C=O) groups excluding carboxylic acids is 1. The molecule has 9 heteroatoms. The van der Waals surface area contributed by atoms with Crippen molar-refractivity contribution in [3.63, 3.8) is 0 Å². The fourth-order valence-corrected chi connectivity index (χ4v) is 4.99. The van der Waals surface area contributed by atoms with Gasteiger partial charge in [0.25, 0.3) is 0 Å². The number of carbonyl (C=O) groups is 1. The third-order valence-electron chi connectivity index (χ3n) is 4.00. The van der Waals surface area contributed by atoms with Gasteiger partial charge in [-0.15, -0.1) is 0 Å². The summed E-state index contributed by atoms with van der Waals surface area (Å²) in [6.07, 6.45) is 3.17. The Morgan fingerprint density at radius 1 is 1.32 bits per heavy atom. The van der Waals surface area contributed by atoms with E-state index in [0.717, 1.165) is 42.8 Å². The van der Waals surface area contributed by atoms with Crippen LogP contribution in [0.5, 0.6) is 0 Å². The summed E-state index contributed by atoms with van der Waals surface area (Å²) in [5.41, 5.74) is 1.44. The molecule has 0 spiro atoms. The van der Waals surface area contributed by atoms with Crippen molar-refractivity contribution in [1.82, 2.24) is 9.88 Å². The van der Waals surface area contributed by atoms with Gasteiger partial charge in [-0.1, -0.05) is 29.0 Å². The molecule has 1 aromatic heterocycles. The Kier molecular flexibility index (Phi) is 5.04. The van der Waals surface area contributed by atoms with Crippen molar-refractivity contribution in [2.45, 2.75) is 24.7 Å². The van der Waals surface area contributed by atoms with Crippen LogP contribution in [-0.2, 0) is 9.84 Å². The van der Waals surface area contributed by atoms with Crippen LogP contribution in [-0.4, -0.2) is 43.7 Å². The first-order chi connectivity index (χ1) is 11.8. The number of amides is 2. The highest BCUT2D eigenvalue weighted by Gasteiger charge is 2.20. The van der Waals surface area contributed by atoms with Crippen molar-refractivity contribution in [1.29, 1.82) is 0 Å². The highest BCUT2D eigenvalue weighted by Crippen LogP contribution is 2.35. The van der Waals surface area contributed by atoms with Crippen LogP contribution < -0.4 is 5.32 Å². The van der Waals surface area contributed by atoms with Crippen LogP contribution in [0.1, 0.15) is 18.5 Å². The first-order valence-corrected chi connectivity index (χ1v) is 10.9. The van der Waals surface area contributed by atoms with Crippen LogP contribution >= 0.6 is 22.9 Å². The number of sulfone groups is 1. The van der Waals surface area contributed by atoms with Crippen molar-refractivity contribution in [3.05, 3.63) is 28.9 Å². The molecule has 134 valence electrons. The van der Waals surface area contributed by atoms with Crippen LogP contribution in [0.3, 0.4) is 0 Å².